The van der Waals surface area contributed by atoms with Crippen LogP contribution in [-0.4, -0.2) is 85.6 Å². The summed E-state index contributed by atoms with van der Waals surface area (Å²) >= 11 is 1.84. The van der Waals surface area contributed by atoms with E-state index in [4.69, 9.17) is 4.74 Å². The Hall–Kier alpha value is -0.790. The molecule has 6 nitrogen and oxygen atoms in total. The number of carbonyl (C=O) groups excluding carboxylic acids is 2. The van der Waals surface area contributed by atoms with Crippen molar-refractivity contribution in [2.24, 2.45) is 11.8 Å². The Morgan fingerprint density at radius 3 is 2.61 bits per heavy atom. The highest BCUT2D eigenvalue weighted by atomic mass is 32.2. The molecule has 1 unspecified atom stereocenters. The Kier molecular flexibility index (Phi) is 5.49. The maximum absolute atomic E-state index is 12.4. The number of likely N-dealkylation sites (N-methyl/N-ethyl adjacent to an activating group) is 1. The lowest BCUT2D eigenvalue weighted by molar-refractivity contribution is -0.150. The lowest BCUT2D eigenvalue weighted by Crippen LogP contribution is -2.61. The van der Waals surface area contributed by atoms with E-state index in [-0.39, 0.29) is 11.9 Å². The molecule has 130 valence electrons. The maximum atomic E-state index is 12.4. The first kappa shape index (κ1) is 17.0. The molecule has 0 aromatic rings. The molecular formula is C16H27N3O3S. The number of piperazine rings is 1. The molecule has 1 saturated carbocycles. The van der Waals surface area contributed by atoms with Gasteiger partial charge in [-0.25, -0.2) is 0 Å². The summed E-state index contributed by atoms with van der Waals surface area (Å²) in [6.07, 6.45) is 4.11. The van der Waals surface area contributed by atoms with Crippen LogP contribution in [0.1, 0.15) is 12.8 Å². The van der Waals surface area contributed by atoms with E-state index in [1.54, 1.807) is 4.90 Å². The topological polar surface area (TPSA) is 61.9 Å². The quantitative estimate of drug-likeness (QED) is 0.731. The van der Waals surface area contributed by atoms with Crippen LogP contribution in [0.2, 0.25) is 0 Å². The van der Waals surface area contributed by atoms with Gasteiger partial charge < -0.3 is 15.0 Å². The average Bonchev–Trinajstić information content (AvgIpc) is 2.44. The number of hydrogen-bond acceptors (Lipinski definition) is 5. The molecule has 7 heteroatoms. The van der Waals surface area contributed by atoms with Gasteiger partial charge in [-0.3, -0.25) is 14.5 Å². The molecule has 3 fully saturated rings. The van der Waals surface area contributed by atoms with Gasteiger partial charge in [-0.15, -0.1) is 0 Å². The zero-order chi connectivity index (χ0) is 16.4. The molecule has 1 atom stereocenters. The molecule has 2 saturated heterocycles. The summed E-state index contributed by atoms with van der Waals surface area (Å²) in [5, 5.41) is 2.91. The predicted molar refractivity (Wildman–Crippen MR) is 90.3 cm³/mol. The van der Waals surface area contributed by atoms with E-state index in [0.717, 1.165) is 38.4 Å². The van der Waals surface area contributed by atoms with Crippen molar-refractivity contribution in [3.8, 4) is 0 Å². The van der Waals surface area contributed by atoms with E-state index in [2.05, 4.69) is 23.5 Å². The third-order valence-electron chi connectivity index (χ3n) is 5.36. The molecule has 1 N–H and O–H groups in total. The van der Waals surface area contributed by atoms with E-state index < -0.39 is 5.91 Å². The van der Waals surface area contributed by atoms with Crippen LogP contribution in [0.15, 0.2) is 0 Å². The van der Waals surface area contributed by atoms with Crippen molar-refractivity contribution in [2.45, 2.75) is 24.9 Å². The zero-order valence-electron chi connectivity index (χ0n) is 14.0. The number of thioether (sulfide) groups is 1. The largest absolute Gasteiger partial charge is 0.381 e. The molecule has 1 aliphatic carbocycles. The highest BCUT2D eigenvalue weighted by molar-refractivity contribution is 7.98. The summed E-state index contributed by atoms with van der Waals surface area (Å²) in [7, 11) is 2.09. The van der Waals surface area contributed by atoms with Gasteiger partial charge in [0.15, 0.2) is 0 Å². The van der Waals surface area contributed by atoms with E-state index in [9.17, 15) is 9.59 Å². The van der Waals surface area contributed by atoms with Gasteiger partial charge in [-0.2, -0.15) is 11.8 Å². The molecule has 0 radical (unpaired) electrons. The van der Waals surface area contributed by atoms with Crippen LogP contribution < -0.4 is 5.32 Å². The smallest absolute Gasteiger partial charge is 0.311 e. The van der Waals surface area contributed by atoms with Crippen molar-refractivity contribution in [3.63, 3.8) is 0 Å². The normalized spacial score (nSPS) is 32.1. The second-order valence-electron chi connectivity index (χ2n) is 7.06. The second-order valence-corrected chi connectivity index (χ2v) is 7.97. The Labute approximate surface area is 142 Å². The van der Waals surface area contributed by atoms with E-state index >= 15 is 0 Å². The fourth-order valence-corrected chi connectivity index (χ4v) is 4.43. The fourth-order valence-electron chi connectivity index (χ4n) is 3.69. The van der Waals surface area contributed by atoms with E-state index in [1.807, 2.05) is 11.8 Å². The first-order chi connectivity index (χ1) is 11.1. The third-order valence-corrected chi connectivity index (χ3v) is 6.16. The summed E-state index contributed by atoms with van der Waals surface area (Å²) in [5.74, 6) is 1.53. The molecule has 2 aliphatic heterocycles. The van der Waals surface area contributed by atoms with Gasteiger partial charge >= 0.3 is 11.8 Å². The molecule has 2 heterocycles. The summed E-state index contributed by atoms with van der Waals surface area (Å²) in [6, 6.07) is 0.496. The van der Waals surface area contributed by atoms with Crippen LogP contribution in [0.5, 0.6) is 0 Å². The summed E-state index contributed by atoms with van der Waals surface area (Å²) < 4.78 is 5.27. The minimum atomic E-state index is -0.425. The number of rotatable bonds is 4. The standard InChI is InChI=1S/C16H27N3O3S/c1-18-3-4-19(7-14(18)12-8-22-9-12)16(21)15(20)17-13-5-11(6-13)10-23-2/h11-14H,3-10H2,1-2H3,(H,17,20). The molecule has 0 bridgehead atoms. The lowest BCUT2D eigenvalue weighted by Gasteiger charge is -2.45. The minimum absolute atomic E-state index is 0.187. The first-order valence-electron chi connectivity index (χ1n) is 8.45. The number of amides is 2. The monoisotopic (exact) mass is 341 g/mol. The highest BCUT2D eigenvalue weighted by Crippen LogP contribution is 2.30. The Bertz CT molecular complexity index is 450. The van der Waals surface area contributed by atoms with Crippen LogP contribution in [0.3, 0.4) is 0 Å². The van der Waals surface area contributed by atoms with Crippen molar-refractivity contribution < 1.29 is 14.3 Å². The third kappa shape index (κ3) is 3.83. The van der Waals surface area contributed by atoms with Crippen LogP contribution in [0.25, 0.3) is 0 Å². The fraction of sp³-hybridized carbons (Fsp3) is 0.875. The van der Waals surface area contributed by atoms with Crippen molar-refractivity contribution in [2.75, 3.05) is 51.9 Å². The van der Waals surface area contributed by atoms with E-state index in [1.165, 1.54) is 0 Å². The van der Waals surface area contributed by atoms with E-state index in [0.29, 0.717) is 31.0 Å². The minimum Gasteiger partial charge on any atom is -0.381 e. The van der Waals surface area contributed by atoms with Crippen molar-refractivity contribution in [3.05, 3.63) is 0 Å². The number of hydrogen-bond donors (Lipinski definition) is 1. The molecule has 3 aliphatic rings. The Morgan fingerprint density at radius 2 is 2.00 bits per heavy atom. The van der Waals surface area contributed by atoms with Gasteiger partial charge in [0.2, 0.25) is 0 Å². The summed E-state index contributed by atoms with van der Waals surface area (Å²) in [5.41, 5.74) is 0. The summed E-state index contributed by atoms with van der Waals surface area (Å²) in [4.78, 5) is 28.6. The molecule has 3 rings (SSSR count). The van der Waals surface area contributed by atoms with Gasteiger partial charge in [0, 0.05) is 37.6 Å². The van der Waals surface area contributed by atoms with Gasteiger partial charge in [-0.1, -0.05) is 0 Å². The zero-order valence-corrected chi connectivity index (χ0v) is 14.8. The summed E-state index contributed by atoms with van der Waals surface area (Å²) in [6.45, 7) is 3.62. The SMILES string of the molecule is CSCC1CC(NC(=O)C(=O)N2CCN(C)C(C3COC3)C2)C1. The number of carbonyl (C=O) groups is 2. The Morgan fingerprint density at radius 1 is 1.26 bits per heavy atom. The van der Waals surface area contributed by atoms with Crippen LogP contribution in [0, 0.1) is 11.8 Å². The maximum Gasteiger partial charge on any atom is 0.311 e. The predicted octanol–water partition coefficient (Wildman–Crippen LogP) is 0.0332. The number of nitrogens with zero attached hydrogens (tertiary/aromatic N) is 2. The highest BCUT2D eigenvalue weighted by Gasteiger charge is 2.38. The lowest BCUT2D eigenvalue weighted by atomic mass is 9.81. The first-order valence-corrected chi connectivity index (χ1v) is 9.84. The van der Waals surface area contributed by atoms with Crippen molar-refractivity contribution in [1.82, 2.24) is 15.1 Å². The molecular weight excluding hydrogens is 314 g/mol. The van der Waals surface area contributed by atoms with Gasteiger partial charge in [-0.05, 0) is 37.8 Å². The van der Waals surface area contributed by atoms with Crippen LogP contribution in [-0.2, 0) is 14.3 Å². The molecule has 0 aromatic carbocycles. The molecule has 0 spiro atoms. The van der Waals surface area contributed by atoms with Crippen LogP contribution in [0.4, 0.5) is 0 Å². The number of nitrogens with one attached hydrogen (secondary N) is 1. The van der Waals surface area contributed by atoms with Crippen molar-refractivity contribution in [1.29, 1.82) is 0 Å². The Balaban J connectivity index is 1.46. The van der Waals surface area contributed by atoms with Gasteiger partial charge in [0.25, 0.3) is 0 Å². The van der Waals surface area contributed by atoms with Crippen LogP contribution >= 0.6 is 11.8 Å². The molecule has 0 aromatic heterocycles. The molecule has 2 amide bonds. The van der Waals surface area contributed by atoms with Gasteiger partial charge in [0.1, 0.15) is 0 Å². The van der Waals surface area contributed by atoms with Gasteiger partial charge in [0.05, 0.1) is 13.2 Å². The van der Waals surface area contributed by atoms with Crippen molar-refractivity contribution >= 4 is 23.6 Å². The molecule has 23 heavy (non-hydrogen) atoms. The average molecular weight is 341 g/mol. The number of ether oxygens (including phenoxy) is 1. The second kappa shape index (κ2) is 7.40.